The highest BCUT2D eigenvalue weighted by Gasteiger charge is 2.31. The fourth-order valence-electron chi connectivity index (χ4n) is 3.18. The number of aryl methyl sites for hydroxylation is 1. The van der Waals surface area contributed by atoms with Crippen molar-refractivity contribution in [1.29, 1.82) is 0 Å². The van der Waals surface area contributed by atoms with Crippen molar-refractivity contribution in [2.24, 2.45) is 5.92 Å². The summed E-state index contributed by atoms with van der Waals surface area (Å²) in [5.41, 5.74) is 0.902. The summed E-state index contributed by atoms with van der Waals surface area (Å²) in [6.07, 6.45) is 4.88. The van der Waals surface area contributed by atoms with E-state index in [0.717, 1.165) is 37.4 Å². The van der Waals surface area contributed by atoms with Crippen molar-refractivity contribution in [2.75, 3.05) is 18.4 Å². The maximum absolute atomic E-state index is 12.9. The molecule has 1 amide bonds. The molecule has 134 valence electrons. The van der Waals surface area contributed by atoms with Crippen LogP contribution in [-0.4, -0.2) is 54.9 Å². The van der Waals surface area contributed by atoms with E-state index in [1.54, 1.807) is 11.0 Å². The molecule has 8 heteroatoms. The van der Waals surface area contributed by atoms with E-state index >= 15 is 0 Å². The number of rotatable bonds is 5. The zero-order valence-electron chi connectivity index (χ0n) is 15.0. The van der Waals surface area contributed by atoms with Crippen molar-refractivity contribution in [2.45, 2.75) is 45.7 Å². The Morgan fingerprint density at radius 1 is 1.24 bits per heavy atom. The largest absolute Gasteiger partial charge is 0.366 e. The van der Waals surface area contributed by atoms with Gasteiger partial charge in [0, 0.05) is 19.1 Å². The first kappa shape index (κ1) is 17.3. The van der Waals surface area contributed by atoms with Crippen molar-refractivity contribution >= 4 is 11.7 Å². The van der Waals surface area contributed by atoms with E-state index in [2.05, 4.69) is 25.6 Å². The van der Waals surface area contributed by atoms with Gasteiger partial charge in [-0.3, -0.25) is 4.79 Å². The lowest BCUT2D eigenvalue weighted by molar-refractivity contribution is -0.137. The third kappa shape index (κ3) is 4.12. The van der Waals surface area contributed by atoms with Gasteiger partial charge in [0.2, 0.25) is 5.91 Å². The van der Waals surface area contributed by atoms with Gasteiger partial charge < -0.3 is 10.2 Å². The van der Waals surface area contributed by atoms with Crippen LogP contribution in [0.2, 0.25) is 0 Å². The first-order chi connectivity index (χ1) is 12.0. The van der Waals surface area contributed by atoms with Crippen LogP contribution < -0.4 is 5.32 Å². The number of nitrogens with one attached hydrogen (secondary N) is 1. The molecule has 2 aromatic rings. The number of likely N-dealkylation sites (tertiary alicyclic amines) is 1. The molecule has 0 aromatic carbocycles. The summed E-state index contributed by atoms with van der Waals surface area (Å²) in [6, 6.07) is 3.90. The number of carbonyl (C=O) groups excluding carboxylic acids is 1. The zero-order valence-corrected chi connectivity index (χ0v) is 15.0. The molecule has 8 nitrogen and oxygen atoms in total. The monoisotopic (exact) mass is 343 g/mol. The molecular formula is C17H25N7O. The minimum absolute atomic E-state index is 0.120. The highest BCUT2D eigenvalue weighted by molar-refractivity contribution is 5.80. The molecule has 1 N–H and O–H groups in total. The third-order valence-corrected chi connectivity index (χ3v) is 4.56. The Morgan fingerprint density at radius 2 is 2.00 bits per heavy atom. The van der Waals surface area contributed by atoms with Crippen molar-refractivity contribution < 1.29 is 4.79 Å². The van der Waals surface area contributed by atoms with Crippen LogP contribution in [0.25, 0.3) is 0 Å². The summed E-state index contributed by atoms with van der Waals surface area (Å²) >= 11 is 0. The van der Waals surface area contributed by atoms with Crippen molar-refractivity contribution in [3.63, 3.8) is 0 Å². The molecule has 1 saturated heterocycles. The van der Waals surface area contributed by atoms with Gasteiger partial charge >= 0.3 is 0 Å². The van der Waals surface area contributed by atoms with Gasteiger partial charge in [0.05, 0.1) is 5.69 Å². The number of hydrogen-bond donors (Lipinski definition) is 1. The molecule has 0 unspecified atom stereocenters. The maximum Gasteiger partial charge on any atom is 0.247 e. The molecule has 2 aromatic heterocycles. The normalized spacial score (nSPS) is 16.9. The van der Waals surface area contributed by atoms with Gasteiger partial charge in [-0.1, -0.05) is 13.8 Å². The molecule has 1 atom stereocenters. The number of piperidine rings is 1. The predicted molar refractivity (Wildman–Crippen MR) is 93.9 cm³/mol. The number of anilines is 1. The van der Waals surface area contributed by atoms with E-state index < -0.39 is 0 Å². The molecule has 1 aliphatic rings. The second-order valence-electron chi connectivity index (χ2n) is 6.87. The van der Waals surface area contributed by atoms with E-state index in [1.165, 1.54) is 6.33 Å². The lowest BCUT2D eigenvalue weighted by Crippen LogP contribution is -2.46. The molecule has 0 saturated carbocycles. The Balaban J connectivity index is 1.57. The van der Waals surface area contributed by atoms with Crippen molar-refractivity contribution in [1.82, 2.24) is 29.9 Å². The van der Waals surface area contributed by atoms with E-state index in [9.17, 15) is 4.79 Å². The van der Waals surface area contributed by atoms with Crippen LogP contribution in [0.1, 0.15) is 38.4 Å². The molecule has 1 fully saturated rings. The summed E-state index contributed by atoms with van der Waals surface area (Å²) in [5.74, 6) is 1.07. The topological polar surface area (TPSA) is 88.8 Å². The number of nitrogens with zero attached hydrogens (tertiary/aromatic N) is 6. The molecule has 3 heterocycles. The smallest absolute Gasteiger partial charge is 0.247 e. The van der Waals surface area contributed by atoms with Gasteiger partial charge in [-0.2, -0.15) is 10.2 Å². The summed E-state index contributed by atoms with van der Waals surface area (Å²) in [4.78, 5) is 18.8. The average molecular weight is 343 g/mol. The zero-order chi connectivity index (χ0) is 17.8. The van der Waals surface area contributed by atoms with Crippen LogP contribution in [0.15, 0.2) is 24.8 Å². The van der Waals surface area contributed by atoms with Crippen LogP contribution in [0.4, 0.5) is 5.82 Å². The number of amides is 1. The van der Waals surface area contributed by atoms with Gasteiger partial charge in [0.1, 0.15) is 24.5 Å². The maximum atomic E-state index is 12.9. The van der Waals surface area contributed by atoms with Gasteiger partial charge in [0.25, 0.3) is 0 Å². The summed E-state index contributed by atoms with van der Waals surface area (Å²) < 4.78 is 1.67. The van der Waals surface area contributed by atoms with Crippen LogP contribution in [0.5, 0.6) is 0 Å². The predicted octanol–water partition coefficient (Wildman–Crippen LogP) is 1.68. The number of carbonyl (C=O) groups is 1. The lowest BCUT2D eigenvalue weighted by atomic mass is 9.99. The van der Waals surface area contributed by atoms with E-state index in [1.807, 2.05) is 37.8 Å². The molecule has 1 aliphatic heterocycles. The second-order valence-corrected chi connectivity index (χ2v) is 6.87. The van der Waals surface area contributed by atoms with Gasteiger partial charge in [-0.25, -0.2) is 9.67 Å². The second kappa shape index (κ2) is 7.58. The number of hydrogen-bond acceptors (Lipinski definition) is 6. The van der Waals surface area contributed by atoms with Gasteiger partial charge in [0.15, 0.2) is 0 Å². The molecule has 3 rings (SSSR count). The third-order valence-electron chi connectivity index (χ3n) is 4.56. The molecule has 0 aliphatic carbocycles. The van der Waals surface area contributed by atoms with Gasteiger partial charge in [-0.05, 0) is 37.8 Å². The minimum atomic E-state index is -0.296. The SMILES string of the molecule is Cc1ccc(NC2CCN(C(=O)[C@@H](C(C)C)n3cncn3)CC2)nn1. The molecule has 25 heavy (non-hydrogen) atoms. The standard InChI is InChI=1S/C17H25N7O/c1-12(2)16(24-11-18-10-19-24)17(25)23-8-6-14(7-9-23)20-15-5-4-13(3)21-22-15/h4-5,10-12,14,16H,6-9H2,1-3H3,(H,20,22)/t16-/m1/s1. The highest BCUT2D eigenvalue weighted by atomic mass is 16.2. The molecular weight excluding hydrogens is 318 g/mol. The Hall–Kier alpha value is -2.51. The fraction of sp³-hybridized carbons (Fsp3) is 0.588. The van der Waals surface area contributed by atoms with Crippen molar-refractivity contribution in [3.8, 4) is 0 Å². The van der Waals surface area contributed by atoms with E-state index in [0.29, 0.717) is 6.04 Å². The first-order valence-corrected chi connectivity index (χ1v) is 8.74. The Morgan fingerprint density at radius 3 is 2.56 bits per heavy atom. The molecule has 0 radical (unpaired) electrons. The van der Waals surface area contributed by atoms with Gasteiger partial charge in [-0.15, -0.1) is 5.10 Å². The summed E-state index contributed by atoms with van der Waals surface area (Å²) in [6.45, 7) is 7.45. The molecule has 0 bridgehead atoms. The summed E-state index contributed by atoms with van der Waals surface area (Å²) in [5, 5.41) is 15.8. The molecule has 0 spiro atoms. The quantitative estimate of drug-likeness (QED) is 0.888. The average Bonchev–Trinajstić information content (AvgIpc) is 3.11. The van der Waals surface area contributed by atoms with E-state index in [-0.39, 0.29) is 17.9 Å². The highest BCUT2D eigenvalue weighted by Crippen LogP contribution is 2.23. The Labute approximate surface area is 147 Å². The van der Waals surface area contributed by atoms with Crippen LogP contribution in [-0.2, 0) is 4.79 Å². The lowest BCUT2D eigenvalue weighted by Gasteiger charge is -2.35. The summed E-state index contributed by atoms with van der Waals surface area (Å²) in [7, 11) is 0. The van der Waals surface area contributed by atoms with Crippen LogP contribution in [0.3, 0.4) is 0 Å². The first-order valence-electron chi connectivity index (χ1n) is 8.74. The number of aromatic nitrogens is 5. The minimum Gasteiger partial charge on any atom is -0.366 e. The van der Waals surface area contributed by atoms with E-state index in [4.69, 9.17) is 0 Å². The van der Waals surface area contributed by atoms with Crippen LogP contribution in [0, 0.1) is 12.8 Å². The fourth-order valence-corrected chi connectivity index (χ4v) is 3.18. The van der Waals surface area contributed by atoms with Crippen LogP contribution >= 0.6 is 0 Å². The van der Waals surface area contributed by atoms with Crippen molar-refractivity contribution in [3.05, 3.63) is 30.5 Å². The Kier molecular flexibility index (Phi) is 5.25. The Bertz CT molecular complexity index is 676.